The number of hydrogen-bond donors (Lipinski definition) is 0. The number of rotatable bonds is 7. The Labute approximate surface area is 145 Å². The lowest BCUT2D eigenvalue weighted by Crippen LogP contribution is -2.36. The fraction of sp³-hybridized carbons (Fsp3) is 0.222. The van der Waals surface area contributed by atoms with Crippen molar-refractivity contribution in [2.75, 3.05) is 12.0 Å². The average molecular weight is 342 g/mol. The first-order valence-corrected chi connectivity index (χ1v) is 7.69. The van der Waals surface area contributed by atoms with Gasteiger partial charge in [0, 0.05) is 18.1 Å². The summed E-state index contributed by atoms with van der Waals surface area (Å²) >= 11 is 0. The van der Waals surface area contributed by atoms with E-state index < -0.39 is 16.6 Å². The Bertz CT molecular complexity index is 804. The van der Waals surface area contributed by atoms with E-state index in [0.717, 1.165) is 4.90 Å². The van der Waals surface area contributed by atoms with Gasteiger partial charge in [-0.3, -0.25) is 24.6 Å². The molecule has 0 saturated carbocycles. The van der Waals surface area contributed by atoms with Gasteiger partial charge in [-0.2, -0.15) is 0 Å². The number of carbonyl (C=O) groups excluding carboxylic acids is 2. The van der Waals surface area contributed by atoms with Gasteiger partial charge in [-0.25, -0.2) is 0 Å². The summed E-state index contributed by atoms with van der Waals surface area (Å²) in [6, 6.07) is 12.8. The van der Waals surface area contributed by atoms with E-state index in [9.17, 15) is 19.7 Å². The van der Waals surface area contributed by atoms with E-state index in [2.05, 4.69) is 0 Å². The highest BCUT2D eigenvalue weighted by Gasteiger charge is 2.28. The van der Waals surface area contributed by atoms with Gasteiger partial charge in [-0.05, 0) is 12.1 Å². The molecule has 0 radical (unpaired) electrons. The summed E-state index contributed by atoms with van der Waals surface area (Å²) in [4.78, 5) is 36.4. The van der Waals surface area contributed by atoms with Crippen molar-refractivity contribution >= 4 is 23.1 Å². The fourth-order valence-electron chi connectivity index (χ4n) is 2.42. The minimum Gasteiger partial charge on any atom is -0.496 e. The molecule has 1 amide bonds. The van der Waals surface area contributed by atoms with Crippen LogP contribution in [0.25, 0.3) is 0 Å². The lowest BCUT2D eigenvalue weighted by molar-refractivity contribution is -0.384. The molecule has 0 spiro atoms. The van der Waals surface area contributed by atoms with Gasteiger partial charge in [0.05, 0.1) is 18.6 Å². The molecule has 0 atom stereocenters. The number of anilines is 1. The largest absolute Gasteiger partial charge is 0.496 e. The average Bonchev–Trinajstić information content (AvgIpc) is 2.65. The quantitative estimate of drug-likeness (QED) is 0.438. The number of nitro groups is 1. The molecule has 0 unspecified atom stereocenters. The molecule has 0 aliphatic heterocycles. The predicted molar refractivity (Wildman–Crippen MR) is 92.6 cm³/mol. The van der Waals surface area contributed by atoms with Gasteiger partial charge in [0.2, 0.25) is 5.78 Å². The second-order valence-corrected chi connectivity index (χ2v) is 5.23. The lowest BCUT2D eigenvalue weighted by atomic mass is 10.1. The summed E-state index contributed by atoms with van der Waals surface area (Å²) in [6.07, 6.45) is 0.0158. The number of Topliss-reactive ketones (excluding diaryl/α,β-unsaturated/α-hetero) is 1. The zero-order valence-electron chi connectivity index (χ0n) is 14.0. The molecule has 7 nitrogen and oxygen atoms in total. The third-order valence-corrected chi connectivity index (χ3v) is 3.70. The van der Waals surface area contributed by atoms with E-state index in [1.807, 2.05) is 0 Å². The summed E-state index contributed by atoms with van der Waals surface area (Å²) in [5.41, 5.74) is 0.472. The van der Waals surface area contributed by atoms with Crippen LogP contribution in [0.2, 0.25) is 0 Å². The van der Waals surface area contributed by atoms with Crippen LogP contribution in [-0.4, -0.2) is 23.7 Å². The van der Waals surface area contributed by atoms with Crippen molar-refractivity contribution in [2.45, 2.75) is 19.9 Å². The zero-order valence-corrected chi connectivity index (χ0v) is 14.0. The number of nitrogens with zero attached hydrogens (tertiary/aromatic N) is 2. The van der Waals surface area contributed by atoms with Crippen LogP contribution in [0.15, 0.2) is 48.5 Å². The summed E-state index contributed by atoms with van der Waals surface area (Å²) in [5.74, 6) is -0.876. The lowest BCUT2D eigenvalue weighted by Gasteiger charge is -2.23. The summed E-state index contributed by atoms with van der Waals surface area (Å²) in [5, 5.41) is 11.3. The maximum atomic E-state index is 12.6. The van der Waals surface area contributed by atoms with E-state index in [1.165, 1.54) is 25.3 Å². The molecule has 130 valence electrons. The standard InChI is InChI=1S/C18H18N2O5/c1-3-16(21)18(22)19(12-13-8-4-7-11-17(13)25-2)14-9-5-6-10-15(14)20(23)24/h4-11H,3,12H2,1-2H3. The van der Waals surface area contributed by atoms with Crippen molar-refractivity contribution in [3.8, 4) is 5.75 Å². The molecule has 0 heterocycles. The van der Waals surface area contributed by atoms with Gasteiger partial charge in [0.1, 0.15) is 11.4 Å². The van der Waals surface area contributed by atoms with Gasteiger partial charge < -0.3 is 4.74 Å². The van der Waals surface area contributed by atoms with Crippen LogP contribution in [0.5, 0.6) is 5.75 Å². The molecule has 2 aromatic rings. The Balaban J connectivity index is 2.53. The van der Waals surface area contributed by atoms with E-state index in [1.54, 1.807) is 37.3 Å². The van der Waals surface area contributed by atoms with Crippen LogP contribution in [0.1, 0.15) is 18.9 Å². The van der Waals surface area contributed by atoms with Crippen molar-refractivity contribution in [2.24, 2.45) is 0 Å². The van der Waals surface area contributed by atoms with E-state index in [-0.39, 0.29) is 24.3 Å². The molecule has 0 aromatic heterocycles. The Kier molecular flexibility index (Phi) is 5.84. The second-order valence-electron chi connectivity index (χ2n) is 5.23. The molecule has 0 N–H and O–H groups in total. The zero-order chi connectivity index (χ0) is 18.4. The number of ketones is 1. The van der Waals surface area contributed by atoms with Crippen molar-refractivity contribution in [3.63, 3.8) is 0 Å². The van der Waals surface area contributed by atoms with Crippen LogP contribution in [0.3, 0.4) is 0 Å². The molecule has 2 aromatic carbocycles. The maximum absolute atomic E-state index is 12.6. The van der Waals surface area contributed by atoms with Crippen LogP contribution in [-0.2, 0) is 16.1 Å². The minimum atomic E-state index is -0.789. The smallest absolute Gasteiger partial charge is 0.294 e. The number of ether oxygens (including phenoxy) is 1. The minimum absolute atomic E-state index is 0.0144. The van der Waals surface area contributed by atoms with Crippen LogP contribution < -0.4 is 9.64 Å². The van der Waals surface area contributed by atoms with E-state index in [4.69, 9.17) is 4.74 Å². The van der Waals surface area contributed by atoms with Crippen LogP contribution in [0, 0.1) is 10.1 Å². The summed E-state index contributed by atoms with van der Waals surface area (Å²) < 4.78 is 5.27. The molecular formula is C18H18N2O5. The molecule has 0 aliphatic carbocycles. The second kappa shape index (κ2) is 8.05. The van der Waals surface area contributed by atoms with E-state index >= 15 is 0 Å². The highest BCUT2D eigenvalue weighted by atomic mass is 16.6. The highest BCUT2D eigenvalue weighted by molar-refractivity contribution is 6.41. The number of carbonyl (C=O) groups is 2. The third kappa shape index (κ3) is 4.00. The van der Waals surface area contributed by atoms with Crippen molar-refractivity contribution in [3.05, 3.63) is 64.2 Å². The van der Waals surface area contributed by atoms with Gasteiger partial charge >= 0.3 is 0 Å². The molecule has 0 fully saturated rings. The van der Waals surface area contributed by atoms with Gasteiger partial charge in [0.25, 0.3) is 11.6 Å². The third-order valence-electron chi connectivity index (χ3n) is 3.70. The van der Waals surface area contributed by atoms with Gasteiger partial charge in [-0.1, -0.05) is 37.3 Å². The number of benzene rings is 2. The summed E-state index contributed by atoms with van der Waals surface area (Å²) in [6.45, 7) is 1.56. The molecular weight excluding hydrogens is 324 g/mol. The SMILES string of the molecule is CCC(=O)C(=O)N(Cc1ccccc1OC)c1ccccc1[N+](=O)[O-]. The molecule has 7 heteroatoms. The number of amides is 1. The number of para-hydroxylation sites is 3. The molecule has 0 bridgehead atoms. The Hall–Kier alpha value is -3.22. The first-order valence-electron chi connectivity index (χ1n) is 7.69. The van der Waals surface area contributed by atoms with E-state index in [0.29, 0.717) is 11.3 Å². The van der Waals surface area contributed by atoms with Crippen molar-refractivity contribution < 1.29 is 19.2 Å². The molecule has 25 heavy (non-hydrogen) atoms. The van der Waals surface area contributed by atoms with Crippen LogP contribution in [0.4, 0.5) is 11.4 Å². The Morgan fingerprint density at radius 1 is 1.12 bits per heavy atom. The highest BCUT2D eigenvalue weighted by Crippen LogP contribution is 2.31. The van der Waals surface area contributed by atoms with Crippen molar-refractivity contribution in [1.82, 2.24) is 0 Å². The van der Waals surface area contributed by atoms with Crippen LogP contribution >= 0.6 is 0 Å². The van der Waals surface area contributed by atoms with Gasteiger partial charge in [-0.15, -0.1) is 0 Å². The molecule has 0 aliphatic rings. The first-order chi connectivity index (χ1) is 12.0. The first kappa shape index (κ1) is 18.1. The Morgan fingerprint density at radius 3 is 2.40 bits per heavy atom. The molecule has 2 rings (SSSR count). The Morgan fingerprint density at radius 2 is 1.76 bits per heavy atom. The summed E-state index contributed by atoms with van der Waals surface area (Å²) in [7, 11) is 1.49. The predicted octanol–water partition coefficient (Wildman–Crippen LogP) is 3.12. The van der Waals surface area contributed by atoms with Crippen molar-refractivity contribution in [1.29, 1.82) is 0 Å². The number of hydrogen-bond acceptors (Lipinski definition) is 5. The topological polar surface area (TPSA) is 89.8 Å². The normalized spacial score (nSPS) is 10.2. The monoisotopic (exact) mass is 342 g/mol. The van der Waals surface area contributed by atoms with Gasteiger partial charge in [0.15, 0.2) is 0 Å². The molecule has 0 saturated heterocycles. The fourth-order valence-corrected chi connectivity index (χ4v) is 2.42. The number of nitro benzene ring substituents is 1. The maximum Gasteiger partial charge on any atom is 0.294 e. The number of methoxy groups -OCH3 is 1.